The average molecular weight is 332 g/mol. The van der Waals surface area contributed by atoms with Crippen LogP contribution in [0.4, 0.5) is 0 Å². The van der Waals surface area contributed by atoms with E-state index in [0.717, 1.165) is 43.7 Å². The summed E-state index contributed by atoms with van der Waals surface area (Å²) in [5, 5.41) is 11.0. The number of rotatable bonds is 5. The van der Waals surface area contributed by atoms with Gasteiger partial charge in [0, 0.05) is 19.6 Å². The van der Waals surface area contributed by atoms with Gasteiger partial charge in [-0.15, -0.1) is 0 Å². The molecule has 2 saturated heterocycles. The van der Waals surface area contributed by atoms with Crippen LogP contribution in [0.25, 0.3) is 0 Å². The first-order valence-electron chi connectivity index (χ1n) is 8.98. The van der Waals surface area contributed by atoms with Gasteiger partial charge in [0.15, 0.2) is 5.60 Å². The van der Waals surface area contributed by atoms with Crippen LogP contribution in [0.15, 0.2) is 24.3 Å². The third kappa shape index (κ3) is 3.90. The number of amides is 1. The summed E-state index contributed by atoms with van der Waals surface area (Å²) in [6.07, 6.45) is 5.00. The maximum Gasteiger partial charge on any atom is 0.256 e. The SMILES string of the molecule is COc1cccc(CN2CCCC(O)(CN3CCCCC3)C2=O)c1. The maximum absolute atomic E-state index is 12.9. The number of hydrogen-bond acceptors (Lipinski definition) is 4. The zero-order valence-electron chi connectivity index (χ0n) is 14.5. The third-order valence-electron chi connectivity index (χ3n) is 5.15. The zero-order chi connectivity index (χ0) is 17.0. The molecule has 5 nitrogen and oxygen atoms in total. The summed E-state index contributed by atoms with van der Waals surface area (Å²) in [5.74, 6) is 0.669. The number of benzene rings is 1. The quantitative estimate of drug-likeness (QED) is 0.896. The number of aliphatic hydroxyl groups is 1. The molecule has 0 aromatic heterocycles. The summed E-state index contributed by atoms with van der Waals surface area (Å²) in [4.78, 5) is 16.9. The Kier molecular flexibility index (Phi) is 5.41. The summed E-state index contributed by atoms with van der Waals surface area (Å²) in [6.45, 7) is 3.69. The third-order valence-corrected chi connectivity index (χ3v) is 5.15. The van der Waals surface area contributed by atoms with E-state index in [4.69, 9.17) is 4.74 Å². The lowest BCUT2D eigenvalue weighted by Gasteiger charge is -2.41. The van der Waals surface area contributed by atoms with Crippen LogP contribution in [0.5, 0.6) is 5.75 Å². The second kappa shape index (κ2) is 7.53. The molecule has 1 N–H and O–H groups in total. The molecule has 0 bridgehead atoms. The molecule has 24 heavy (non-hydrogen) atoms. The van der Waals surface area contributed by atoms with E-state index < -0.39 is 5.60 Å². The van der Waals surface area contributed by atoms with Gasteiger partial charge in [0.05, 0.1) is 7.11 Å². The summed E-state index contributed by atoms with van der Waals surface area (Å²) in [5.41, 5.74) is -0.195. The Morgan fingerprint density at radius 3 is 2.71 bits per heavy atom. The predicted molar refractivity (Wildman–Crippen MR) is 92.9 cm³/mol. The fourth-order valence-corrected chi connectivity index (χ4v) is 3.84. The number of ether oxygens (including phenoxy) is 1. The minimum Gasteiger partial charge on any atom is -0.497 e. The number of β-amino-alcohol motifs (C(OH)–C–C–N with tert-alkyl or cyclic N) is 1. The van der Waals surface area contributed by atoms with E-state index in [1.54, 1.807) is 12.0 Å². The summed E-state index contributed by atoms with van der Waals surface area (Å²) >= 11 is 0. The fourth-order valence-electron chi connectivity index (χ4n) is 3.84. The van der Waals surface area contributed by atoms with Gasteiger partial charge in [-0.3, -0.25) is 9.69 Å². The second-order valence-electron chi connectivity index (χ2n) is 7.05. The van der Waals surface area contributed by atoms with Crippen molar-refractivity contribution in [1.29, 1.82) is 0 Å². The molecule has 2 aliphatic rings. The number of hydrogen-bond donors (Lipinski definition) is 1. The van der Waals surface area contributed by atoms with E-state index >= 15 is 0 Å². The number of nitrogens with zero attached hydrogens (tertiary/aromatic N) is 2. The Hall–Kier alpha value is -1.59. The van der Waals surface area contributed by atoms with Crippen LogP contribution in [0.3, 0.4) is 0 Å². The Balaban J connectivity index is 1.67. The molecule has 2 aliphatic heterocycles. The Morgan fingerprint density at radius 1 is 1.17 bits per heavy atom. The van der Waals surface area contributed by atoms with Crippen LogP contribution in [0.2, 0.25) is 0 Å². The van der Waals surface area contributed by atoms with E-state index in [0.29, 0.717) is 26.1 Å². The molecule has 132 valence electrons. The molecule has 0 radical (unpaired) electrons. The van der Waals surface area contributed by atoms with E-state index in [1.807, 2.05) is 24.3 Å². The van der Waals surface area contributed by atoms with Gasteiger partial charge in [0.2, 0.25) is 0 Å². The van der Waals surface area contributed by atoms with Gasteiger partial charge in [-0.05, 0) is 56.5 Å². The van der Waals surface area contributed by atoms with Gasteiger partial charge in [0.25, 0.3) is 5.91 Å². The van der Waals surface area contributed by atoms with Gasteiger partial charge < -0.3 is 14.7 Å². The van der Waals surface area contributed by atoms with Crippen molar-refractivity contribution in [1.82, 2.24) is 9.80 Å². The normalized spacial score (nSPS) is 25.8. The first kappa shape index (κ1) is 17.2. The van der Waals surface area contributed by atoms with Gasteiger partial charge in [-0.2, -0.15) is 0 Å². The van der Waals surface area contributed by atoms with E-state index in [9.17, 15) is 9.90 Å². The van der Waals surface area contributed by atoms with Crippen LogP contribution >= 0.6 is 0 Å². The average Bonchev–Trinajstić information content (AvgIpc) is 2.60. The zero-order valence-corrected chi connectivity index (χ0v) is 14.5. The van der Waals surface area contributed by atoms with Crippen molar-refractivity contribution in [2.24, 2.45) is 0 Å². The molecule has 3 rings (SSSR count). The van der Waals surface area contributed by atoms with Crippen molar-refractivity contribution in [3.05, 3.63) is 29.8 Å². The number of likely N-dealkylation sites (tertiary alicyclic amines) is 2. The molecular formula is C19H28N2O3. The highest BCUT2D eigenvalue weighted by atomic mass is 16.5. The van der Waals surface area contributed by atoms with Gasteiger partial charge in [-0.1, -0.05) is 18.6 Å². The molecule has 1 amide bonds. The Morgan fingerprint density at radius 2 is 1.96 bits per heavy atom. The predicted octanol–water partition coefficient (Wildman–Crippen LogP) is 2.03. The lowest BCUT2D eigenvalue weighted by molar-refractivity contribution is -0.160. The van der Waals surface area contributed by atoms with Crippen molar-refractivity contribution in [3.8, 4) is 5.75 Å². The standard InChI is InChI=1S/C19H28N2O3/c1-24-17-8-5-7-16(13-17)14-21-12-6-9-19(23,18(21)22)15-20-10-3-2-4-11-20/h5,7-8,13,23H,2-4,6,9-12,14-15H2,1H3. The maximum atomic E-state index is 12.9. The molecule has 0 spiro atoms. The summed E-state index contributed by atoms with van der Waals surface area (Å²) in [7, 11) is 1.64. The lowest BCUT2D eigenvalue weighted by Crippen LogP contribution is -2.58. The molecular weight excluding hydrogens is 304 g/mol. The summed E-state index contributed by atoms with van der Waals surface area (Å²) in [6, 6.07) is 7.77. The highest BCUT2D eigenvalue weighted by Crippen LogP contribution is 2.27. The first-order chi connectivity index (χ1) is 11.6. The Bertz CT molecular complexity index is 571. The smallest absolute Gasteiger partial charge is 0.256 e. The fraction of sp³-hybridized carbons (Fsp3) is 0.632. The lowest BCUT2D eigenvalue weighted by atomic mass is 9.90. The molecule has 0 aliphatic carbocycles. The molecule has 1 atom stereocenters. The van der Waals surface area contributed by atoms with Crippen LogP contribution < -0.4 is 4.74 Å². The molecule has 1 unspecified atom stereocenters. The van der Waals surface area contributed by atoms with Crippen LogP contribution in [-0.2, 0) is 11.3 Å². The van der Waals surface area contributed by atoms with Crippen molar-refractivity contribution in [2.45, 2.75) is 44.2 Å². The van der Waals surface area contributed by atoms with Crippen molar-refractivity contribution in [2.75, 3.05) is 33.3 Å². The van der Waals surface area contributed by atoms with Crippen LogP contribution in [-0.4, -0.2) is 59.7 Å². The number of methoxy groups -OCH3 is 1. The van der Waals surface area contributed by atoms with Gasteiger partial charge >= 0.3 is 0 Å². The second-order valence-corrected chi connectivity index (χ2v) is 7.05. The highest BCUT2D eigenvalue weighted by molar-refractivity contribution is 5.86. The minimum atomic E-state index is -1.23. The first-order valence-corrected chi connectivity index (χ1v) is 8.98. The van der Waals surface area contributed by atoms with E-state index in [2.05, 4.69) is 4.90 Å². The van der Waals surface area contributed by atoms with Crippen molar-refractivity contribution in [3.63, 3.8) is 0 Å². The molecule has 1 aromatic rings. The van der Waals surface area contributed by atoms with Crippen molar-refractivity contribution < 1.29 is 14.6 Å². The molecule has 2 heterocycles. The Labute approximate surface area is 144 Å². The topological polar surface area (TPSA) is 53.0 Å². The van der Waals surface area contributed by atoms with E-state index in [1.165, 1.54) is 6.42 Å². The number of carbonyl (C=O) groups excluding carboxylic acids is 1. The molecule has 0 saturated carbocycles. The number of carbonyl (C=O) groups is 1. The summed E-state index contributed by atoms with van der Waals surface area (Å²) < 4.78 is 5.25. The molecule has 2 fully saturated rings. The largest absolute Gasteiger partial charge is 0.497 e. The monoisotopic (exact) mass is 332 g/mol. The van der Waals surface area contributed by atoms with Gasteiger partial charge in [-0.25, -0.2) is 0 Å². The molecule has 1 aromatic carbocycles. The van der Waals surface area contributed by atoms with E-state index in [-0.39, 0.29) is 5.91 Å². The minimum absolute atomic E-state index is 0.123. The van der Waals surface area contributed by atoms with Crippen LogP contribution in [0.1, 0.15) is 37.7 Å². The van der Waals surface area contributed by atoms with Crippen LogP contribution in [0, 0.1) is 0 Å². The highest BCUT2D eigenvalue weighted by Gasteiger charge is 2.43. The van der Waals surface area contributed by atoms with Gasteiger partial charge in [0.1, 0.15) is 5.75 Å². The van der Waals surface area contributed by atoms with Crippen molar-refractivity contribution >= 4 is 5.91 Å². The number of piperidine rings is 2. The molecule has 5 heteroatoms.